The van der Waals surface area contributed by atoms with Gasteiger partial charge in [0.2, 0.25) is 5.90 Å². The highest BCUT2D eigenvalue weighted by Gasteiger charge is 2.28. The number of carbonyl (C=O) groups is 1. The van der Waals surface area contributed by atoms with Crippen LogP contribution in [-0.4, -0.2) is 29.1 Å². The molecule has 4 nitrogen and oxygen atoms in total. The molecule has 0 atom stereocenters. The number of hydrogen-bond donors (Lipinski definition) is 1. The number of hydrogen-bond acceptors (Lipinski definition) is 3. The molecule has 2 aromatic carbocycles. The van der Waals surface area contributed by atoms with Gasteiger partial charge in [-0.3, -0.25) is 0 Å². The van der Waals surface area contributed by atoms with E-state index in [-0.39, 0.29) is 5.54 Å². The molecule has 1 aliphatic heterocycles. The lowest BCUT2D eigenvalue weighted by Gasteiger charge is -2.15. The zero-order valence-electron chi connectivity index (χ0n) is 15.2. The van der Waals surface area contributed by atoms with Crippen LogP contribution >= 0.6 is 0 Å². The fraction of sp³-hybridized carbons (Fsp3) is 0.364. The minimum Gasteiger partial charge on any atom is -0.478 e. The van der Waals surface area contributed by atoms with E-state index < -0.39 is 5.97 Å². The second-order valence-electron chi connectivity index (χ2n) is 7.81. The van der Waals surface area contributed by atoms with Gasteiger partial charge in [0.05, 0.1) is 11.1 Å². The monoisotopic (exact) mass is 349 g/mol. The summed E-state index contributed by atoms with van der Waals surface area (Å²) in [5.74, 6) is -0.130. The third-order valence-corrected chi connectivity index (χ3v) is 5.14. The molecule has 0 aromatic heterocycles. The van der Waals surface area contributed by atoms with E-state index in [4.69, 9.17) is 9.73 Å². The van der Waals surface area contributed by atoms with Crippen molar-refractivity contribution in [2.45, 2.75) is 45.1 Å². The summed E-state index contributed by atoms with van der Waals surface area (Å²) in [6, 6.07) is 12.4. The molecule has 134 valence electrons. The Morgan fingerprint density at radius 1 is 1.00 bits per heavy atom. The van der Waals surface area contributed by atoms with E-state index in [2.05, 4.69) is 38.1 Å². The molecule has 0 amide bonds. The molecule has 0 spiro atoms. The number of benzene rings is 2. The summed E-state index contributed by atoms with van der Waals surface area (Å²) in [5.41, 5.74) is 5.61. The van der Waals surface area contributed by atoms with Crippen LogP contribution in [0.2, 0.25) is 0 Å². The van der Waals surface area contributed by atoms with E-state index >= 15 is 0 Å². The van der Waals surface area contributed by atoms with E-state index in [1.165, 1.54) is 5.56 Å². The average Bonchev–Trinajstić information content (AvgIpc) is 2.96. The highest BCUT2D eigenvalue weighted by Crippen LogP contribution is 2.26. The molecule has 0 radical (unpaired) electrons. The zero-order valence-corrected chi connectivity index (χ0v) is 15.2. The number of aliphatic imine (C=N–C) groups is 1. The van der Waals surface area contributed by atoms with Crippen LogP contribution < -0.4 is 0 Å². The SMILES string of the molecule is CC1(C)COC(c2cc3ccc2CCc2ccc(cc2C(=O)O)CC3)=N1. The first-order chi connectivity index (χ1) is 12.4. The summed E-state index contributed by atoms with van der Waals surface area (Å²) in [7, 11) is 0. The van der Waals surface area contributed by atoms with Crippen molar-refractivity contribution in [3.05, 3.63) is 69.8 Å². The summed E-state index contributed by atoms with van der Waals surface area (Å²) in [6.45, 7) is 4.74. The number of carboxylic acids is 1. The molecule has 1 N–H and O–H groups in total. The first-order valence-corrected chi connectivity index (χ1v) is 9.11. The molecule has 1 heterocycles. The van der Waals surface area contributed by atoms with Gasteiger partial charge < -0.3 is 9.84 Å². The topological polar surface area (TPSA) is 58.9 Å². The zero-order chi connectivity index (χ0) is 18.3. The highest BCUT2D eigenvalue weighted by atomic mass is 16.5. The normalized spacial score (nSPS) is 18.0. The van der Waals surface area contributed by atoms with Crippen LogP contribution in [0.25, 0.3) is 0 Å². The standard InChI is InChI=1S/C22H23NO3/c1-22(2)13-26-20(23-22)18-11-14-3-4-15-6-8-17(19(12-15)21(24)25)10-9-16(18)7-5-14/h5-8,11-12H,3-4,9-10,13H2,1-2H3,(H,24,25). The van der Waals surface area contributed by atoms with Crippen LogP contribution in [0.3, 0.4) is 0 Å². The second kappa shape index (κ2) is 6.27. The van der Waals surface area contributed by atoms with E-state index in [9.17, 15) is 9.90 Å². The molecule has 0 saturated carbocycles. The van der Waals surface area contributed by atoms with E-state index in [0.29, 0.717) is 18.6 Å². The quantitative estimate of drug-likeness (QED) is 0.896. The summed E-state index contributed by atoms with van der Waals surface area (Å²) in [5, 5.41) is 9.57. The van der Waals surface area contributed by atoms with Crippen molar-refractivity contribution in [3.63, 3.8) is 0 Å². The van der Waals surface area contributed by atoms with Gasteiger partial charge in [-0.2, -0.15) is 0 Å². The Balaban J connectivity index is 1.76. The van der Waals surface area contributed by atoms with Crippen molar-refractivity contribution < 1.29 is 14.6 Å². The number of carboxylic acid groups (broad SMARTS) is 1. The lowest BCUT2D eigenvalue weighted by Crippen LogP contribution is -2.17. The fourth-order valence-electron chi connectivity index (χ4n) is 3.67. The number of aromatic carboxylic acids is 1. The summed E-state index contributed by atoms with van der Waals surface area (Å²) >= 11 is 0. The van der Waals surface area contributed by atoms with Gasteiger partial charge in [0.15, 0.2) is 0 Å². The summed E-state index contributed by atoms with van der Waals surface area (Å²) < 4.78 is 5.89. The van der Waals surface area contributed by atoms with Gasteiger partial charge in [-0.15, -0.1) is 0 Å². The van der Waals surface area contributed by atoms with Crippen LogP contribution in [0.4, 0.5) is 0 Å². The van der Waals surface area contributed by atoms with Gasteiger partial charge in [-0.25, -0.2) is 9.79 Å². The lowest BCUT2D eigenvalue weighted by molar-refractivity contribution is 0.0695. The maximum absolute atomic E-state index is 11.7. The maximum atomic E-state index is 11.7. The Hall–Kier alpha value is -2.62. The lowest BCUT2D eigenvalue weighted by atomic mass is 9.91. The maximum Gasteiger partial charge on any atom is 0.335 e. The molecule has 2 aromatic rings. The molecule has 5 aliphatic rings. The molecule has 4 aliphatic carbocycles. The Morgan fingerprint density at radius 3 is 2.31 bits per heavy atom. The Labute approximate surface area is 153 Å². The van der Waals surface area contributed by atoms with Crippen molar-refractivity contribution in [1.82, 2.24) is 0 Å². The molecular weight excluding hydrogens is 326 g/mol. The van der Waals surface area contributed by atoms with Crippen LogP contribution in [0.15, 0.2) is 41.4 Å². The molecule has 26 heavy (non-hydrogen) atoms. The van der Waals surface area contributed by atoms with Gasteiger partial charge in [0.25, 0.3) is 0 Å². The highest BCUT2D eigenvalue weighted by molar-refractivity contribution is 5.97. The van der Waals surface area contributed by atoms with Crippen LogP contribution in [0.1, 0.15) is 52.0 Å². The Kier molecular flexibility index (Phi) is 4.06. The Bertz CT molecular complexity index is 912. The van der Waals surface area contributed by atoms with Crippen molar-refractivity contribution >= 4 is 11.9 Å². The summed E-state index contributed by atoms with van der Waals surface area (Å²) in [4.78, 5) is 16.4. The first kappa shape index (κ1) is 16.8. The number of ether oxygens (including phenoxy) is 1. The van der Waals surface area contributed by atoms with Crippen LogP contribution in [-0.2, 0) is 30.4 Å². The number of nitrogens with zero attached hydrogens (tertiary/aromatic N) is 1. The molecule has 4 heteroatoms. The van der Waals surface area contributed by atoms with Gasteiger partial charge in [0, 0.05) is 5.56 Å². The molecule has 0 unspecified atom stereocenters. The third kappa shape index (κ3) is 3.24. The van der Waals surface area contributed by atoms with Crippen molar-refractivity contribution in [1.29, 1.82) is 0 Å². The second-order valence-corrected chi connectivity index (χ2v) is 7.81. The Morgan fingerprint density at radius 2 is 1.65 bits per heavy atom. The van der Waals surface area contributed by atoms with Gasteiger partial charge in [-0.1, -0.05) is 24.3 Å². The fourth-order valence-corrected chi connectivity index (χ4v) is 3.67. The molecule has 0 saturated heterocycles. The van der Waals surface area contributed by atoms with Gasteiger partial charge in [-0.05, 0) is 73.9 Å². The largest absolute Gasteiger partial charge is 0.478 e. The van der Waals surface area contributed by atoms with Crippen LogP contribution in [0.5, 0.6) is 0 Å². The predicted molar refractivity (Wildman–Crippen MR) is 101 cm³/mol. The van der Waals surface area contributed by atoms with Gasteiger partial charge in [0.1, 0.15) is 6.61 Å². The van der Waals surface area contributed by atoms with E-state index in [1.807, 2.05) is 12.1 Å². The molecule has 0 fully saturated rings. The predicted octanol–water partition coefficient (Wildman–Crippen LogP) is 3.82. The molecule has 4 bridgehead atoms. The van der Waals surface area contributed by atoms with E-state index in [0.717, 1.165) is 47.4 Å². The molecule has 7 rings (SSSR count). The molecular formula is C22H23NO3. The minimum absolute atomic E-state index is 0.195. The van der Waals surface area contributed by atoms with Gasteiger partial charge >= 0.3 is 5.97 Å². The number of rotatable bonds is 2. The number of aryl methyl sites for hydroxylation is 4. The first-order valence-electron chi connectivity index (χ1n) is 9.11. The summed E-state index contributed by atoms with van der Waals surface area (Å²) in [6.07, 6.45) is 3.13. The smallest absolute Gasteiger partial charge is 0.335 e. The minimum atomic E-state index is -0.849. The van der Waals surface area contributed by atoms with Crippen molar-refractivity contribution in [2.75, 3.05) is 6.61 Å². The third-order valence-electron chi connectivity index (χ3n) is 5.14. The van der Waals surface area contributed by atoms with Crippen molar-refractivity contribution in [3.8, 4) is 0 Å². The van der Waals surface area contributed by atoms with Crippen molar-refractivity contribution in [2.24, 2.45) is 4.99 Å². The van der Waals surface area contributed by atoms with Crippen LogP contribution in [0, 0.1) is 0 Å². The average molecular weight is 349 g/mol. The van der Waals surface area contributed by atoms with E-state index in [1.54, 1.807) is 0 Å².